The van der Waals surface area contributed by atoms with E-state index in [0.717, 1.165) is 18.6 Å². The van der Waals surface area contributed by atoms with Crippen LogP contribution in [-0.4, -0.2) is 39.0 Å². The second-order valence-electron chi connectivity index (χ2n) is 7.15. The van der Waals surface area contributed by atoms with Gasteiger partial charge in [0.2, 0.25) is 0 Å². The number of likely N-dealkylation sites (tertiary alicyclic amines) is 1. The SMILES string of the molecule is N#Cc1c(N)c(C2CCCN(C(=O)O)C2)nn1-c1ccc(Oc2ccccc2)cc1. The molecular formula is C22H21N5O3. The third kappa shape index (κ3) is 3.78. The zero-order valence-corrected chi connectivity index (χ0v) is 16.2. The molecule has 0 bridgehead atoms. The van der Waals surface area contributed by atoms with Crippen LogP contribution in [0.2, 0.25) is 0 Å². The summed E-state index contributed by atoms with van der Waals surface area (Å²) in [6.07, 6.45) is 0.559. The molecule has 1 fully saturated rings. The summed E-state index contributed by atoms with van der Waals surface area (Å²) >= 11 is 0. The van der Waals surface area contributed by atoms with Crippen LogP contribution in [0.1, 0.15) is 30.1 Å². The average Bonchev–Trinajstić information content (AvgIpc) is 3.11. The Morgan fingerprint density at radius 1 is 1.17 bits per heavy atom. The van der Waals surface area contributed by atoms with Crippen LogP contribution in [0.3, 0.4) is 0 Å². The summed E-state index contributed by atoms with van der Waals surface area (Å²) in [5.41, 5.74) is 8.04. The number of benzene rings is 2. The van der Waals surface area contributed by atoms with Gasteiger partial charge in [-0.15, -0.1) is 0 Å². The number of amides is 1. The molecule has 8 nitrogen and oxygen atoms in total. The van der Waals surface area contributed by atoms with Crippen molar-refractivity contribution < 1.29 is 14.6 Å². The Morgan fingerprint density at radius 3 is 2.53 bits per heavy atom. The topological polar surface area (TPSA) is 117 Å². The van der Waals surface area contributed by atoms with E-state index in [0.29, 0.717) is 35.9 Å². The van der Waals surface area contributed by atoms with Gasteiger partial charge < -0.3 is 20.5 Å². The number of nitrogens with two attached hydrogens (primary N) is 1. The van der Waals surface area contributed by atoms with E-state index >= 15 is 0 Å². The van der Waals surface area contributed by atoms with Gasteiger partial charge in [-0.25, -0.2) is 9.48 Å². The smallest absolute Gasteiger partial charge is 0.407 e. The second kappa shape index (κ2) is 8.17. The summed E-state index contributed by atoms with van der Waals surface area (Å²) in [5, 5.41) is 23.5. The molecule has 1 aromatic heterocycles. The molecule has 2 heterocycles. The molecule has 4 rings (SSSR count). The quantitative estimate of drug-likeness (QED) is 0.680. The van der Waals surface area contributed by atoms with Crippen LogP contribution < -0.4 is 10.5 Å². The molecule has 1 aliphatic heterocycles. The normalized spacial score (nSPS) is 16.1. The highest BCUT2D eigenvalue weighted by molar-refractivity contribution is 5.65. The van der Waals surface area contributed by atoms with Gasteiger partial charge in [0.25, 0.3) is 0 Å². The Hall–Kier alpha value is -3.99. The van der Waals surface area contributed by atoms with Gasteiger partial charge in [-0.3, -0.25) is 0 Å². The molecule has 0 aliphatic carbocycles. The van der Waals surface area contributed by atoms with E-state index < -0.39 is 6.09 Å². The molecule has 3 aromatic rings. The molecule has 30 heavy (non-hydrogen) atoms. The first-order valence-electron chi connectivity index (χ1n) is 9.66. The summed E-state index contributed by atoms with van der Waals surface area (Å²) in [5.74, 6) is 1.26. The average molecular weight is 403 g/mol. The van der Waals surface area contributed by atoms with Crippen molar-refractivity contribution in [2.24, 2.45) is 0 Å². The maximum absolute atomic E-state index is 11.3. The highest BCUT2D eigenvalue weighted by Gasteiger charge is 2.29. The number of nitrogens with zero attached hydrogens (tertiary/aromatic N) is 4. The minimum Gasteiger partial charge on any atom is -0.465 e. The molecule has 0 saturated carbocycles. The van der Waals surface area contributed by atoms with Crippen LogP contribution in [0.4, 0.5) is 10.5 Å². The molecule has 152 valence electrons. The summed E-state index contributed by atoms with van der Waals surface area (Å²) in [4.78, 5) is 12.7. The number of nitriles is 1. The van der Waals surface area contributed by atoms with Crippen LogP contribution in [0, 0.1) is 11.3 Å². The molecule has 0 spiro atoms. The van der Waals surface area contributed by atoms with Crippen molar-refractivity contribution in [1.82, 2.24) is 14.7 Å². The number of rotatable bonds is 4. The van der Waals surface area contributed by atoms with Crippen LogP contribution in [0.25, 0.3) is 5.69 Å². The Labute approximate surface area is 173 Å². The van der Waals surface area contributed by atoms with Crippen LogP contribution in [0.5, 0.6) is 11.5 Å². The minimum atomic E-state index is -0.952. The van der Waals surface area contributed by atoms with Gasteiger partial charge in [0.15, 0.2) is 5.69 Å². The highest BCUT2D eigenvalue weighted by atomic mass is 16.5. The molecule has 3 N–H and O–H groups in total. The van der Waals surface area contributed by atoms with E-state index in [1.54, 1.807) is 24.3 Å². The van der Waals surface area contributed by atoms with E-state index in [9.17, 15) is 15.2 Å². The summed E-state index contributed by atoms with van der Waals surface area (Å²) < 4.78 is 7.31. The maximum Gasteiger partial charge on any atom is 0.407 e. The largest absolute Gasteiger partial charge is 0.465 e. The van der Waals surface area contributed by atoms with Gasteiger partial charge in [-0.2, -0.15) is 10.4 Å². The standard InChI is InChI=1S/C22H21N5O3/c23-13-19-20(24)21(15-5-4-12-26(14-15)22(28)29)25-27(19)16-8-10-18(11-9-16)30-17-6-2-1-3-7-17/h1-3,6-11,15H,4-5,12,14,24H2,(H,28,29). The van der Waals surface area contributed by atoms with Crippen molar-refractivity contribution in [3.05, 3.63) is 66.0 Å². The number of carbonyl (C=O) groups is 1. The highest BCUT2D eigenvalue weighted by Crippen LogP contribution is 2.33. The maximum atomic E-state index is 11.3. The Balaban J connectivity index is 1.61. The number of carboxylic acid groups (broad SMARTS) is 1. The molecule has 8 heteroatoms. The van der Waals surface area contributed by atoms with Crippen LogP contribution in [-0.2, 0) is 0 Å². The molecule has 1 aliphatic rings. The summed E-state index contributed by atoms with van der Waals surface area (Å²) in [6, 6.07) is 18.8. The zero-order valence-electron chi connectivity index (χ0n) is 16.2. The monoisotopic (exact) mass is 403 g/mol. The van der Waals surface area contributed by atoms with Gasteiger partial charge in [-0.1, -0.05) is 18.2 Å². The number of hydrogen-bond acceptors (Lipinski definition) is 5. The Morgan fingerprint density at radius 2 is 1.87 bits per heavy atom. The van der Waals surface area contributed by atoms with Gasteiger partial charge in [-0.05, 0) is 49.2 Å². The summed E-state index contributed by atoms with van der Waals surface area (Å²) in [6.45, 7) is 0.825. The van der Waals surface area contributed by atoms with Crippen LogP contribution in [0.15, 0.2) is 54.6 Å². The van der Waals surface area contributed by atoms with E-state index in [2.05, 4.69) is 11.2 Å². The van der Waals surface area contributed by atoms with E-state index in [-0.39, 0.29) is 11.6 Å². The van der Waals surface area contributed by atoms with Gasteiger partial charge in [0.1, 0.15) is 17.6 Å². The fraction of sp³-hybridized carbons (Fsp3) is 0.227. The Kier molecular flexibility index (Phi) is 5.26. The third-order valence-electron chi connectivity index (χ3n) is 5.20. The number of nitrogen functional groups attached to an aromatic ring is 1. The lowest BCUT2D eigenvalue weighted by Gasteiger charge is -2.29. The van der Waals surface area contributed by atoms with E-state index in [4.69, 9.17) is 10.5 Å². The van der Waals surface area contributed by atoms with Crippen LogP contribution >= 0.6 is 0 Å². The predicted molar refractivity (Wildman–Crippen MR) is 111 cm³/mol. The third-order valence-corrected chi connectivity index (χ3v) is 5.20. The van der Waals surface area contributed by atoms with E-state index in [1.807, 2.05) is 30.3 Å². The fourth-order valence-electron chi connectivity index (χ4n) is 3.70. The number of hydrogen-bond donors (Lipinski definition) is 2. The number of piperidine rings is 1. The van der Waals surface area contributed by atoms with Crippen molar-refractivity contribution in [2.45, 2.75) is 18.8 Å². The number of anilines is 1. The molecular weight excluding hydrogens is 382 g/mol. The van der Waals surface area contributed by atoms with Crippen molar-refractivity contribution in [3.63, 3.8) is 0 Å². The number of ether oxygens (including phenoxy) is 1. The second-order valence-corrected chi connectivity index (χ2v) is 7.15. The van der Waals surface area contributed by atoms with Gasteiger partial charge >= 0.3 is 6.09 Å². The first-order chi connectivity index (χ1) is 14.6. The lowest BCUT2D eigenvalue weighted by atomic mass is 9.94. The molecule has 2 aromatic carbocycles. The Bertz CT molecular complexity index is 1090. The molecule has 1 unspecified atom stereocenters. The van der Waals surface area contributed by atoms with Crippen molar-refractivity contribution in [2.75, 3.05) is 18.8 Å². The zero-order chi connectivity index (χ0) is 21.1. The van der Waals surface area contributed by atoms with Crippen molar-refractivity contribution in [3.8, 4) is 23.3 Å². The van der Waals surface area contributed by atoms with E-state index in [1.165, 1.54) is 9.58 Å². The molecule has 1 saturated heterocycles. The lowest BCUT2D eigenvalue weighted by Crippen LogP contribution is -2.38. The van der Waals surface area contributed by atoms with Gasteiger partial charge in [0.05, 0.1) is 17.1 Å². The van der Waals surface area contributed by atoms with Crippen molar-refractivity contribution in [1.29, 1.82) is 5.26 Å². The van der Waals surface area contributed by atoms with Gasteiger partial charge in [0, 0.05) is 19.0 Å². The number of para-hydroxylation sites is 1. The fourth-order valence-corrected chi connectivity index (χ4v) is 3.70. The van der Waals surface area contributed by atoms with Crippen molar-refractivity contribution >= 4 is 11.8 Å². The first-order valence-corrected chi connectivity index (χ1v) is 9.66. The predicted octanol–water partition coefficient (Wildman–Crippen LogP) is 3.98. The summed E-state index contributed by atoms with van der Waals surface area (Å²) in [7, 11) is 0. The molecule has 0 radical (unpaired) electrons. The molecule has 1 atom stereocenters. The molecule has 1 amide bonds. The number of aromatic nitrogens is 2. The first kappa shape index (κ1) is 19.3. The minimum absolute atomic E-state index is 0.135. The lowest BCUT2D eigenvalue weighted by molar-refractivity contribution is 0.130.